The van der Waals surface area contributed by atoms with Crippen molar-refractivity contribution in [3.8, 4) is 0 Å². The highest BCUT2D eigenvalue weighted by Crippen LogP contribution is 2.38. The zero-order valence-corrected chi connectivity index (χ0v) is 6.51. The van der Waals surface area contributed by atoms with Crippen molar-refractivity contribution in [2.24, 2.45) is 11.8 Å². The Morgan fingerprint density at radius 2 is 2.09 bits per heavy atom. The number of allylic oxidation sites excluding steroid dienone is 3. The Balaban J connectivity index is 2.49. The molecule has 0 aliphatic heterocycles. The van der Waals surface area contributed by atoms with E-state index in [0.29, 0.717) is 6.42 Å². The molecule has 58 valence electrons. The summed E-state index contributed by atoms with van der Waals surface area (Å²) in [5, 5.41) is 9.33. The number of aliphatic hydroxyl groups is 1. The number of hydrogen-bond donors (Lipinski definition) is 1. The lowest BCUT2D eigenvalue weighted by Crippen LogP contribution is -2.19. The summed E-state index contributed by atoms with van der Waals surface area (Å²) in [5.74, 6) is -0.190. The average Bonchev–Trinajstić information content (AvgIpc) is 2.44. The third kappa shape index (κ3) is 0.824. The number of carbonyl (C=O) groups excluding carboxylic acids is 1. The van der Waals surface area contributed by atoms with Gasteiger partial charge < -0.3 is 5.11 Å². The van der Waals surface area contributed by atoms with Crippen LogP contribution in [0, 0.1) is 11.8 Å². The van der Waals surface area contributed by atoms with E-state index in [4.69, 9.17) is 11.6 Å². The van der Waals surface area contributed by atoms with Crippen LogP contribution < -0.4 is 0 Å². The smallest absolute Gasteiger partial charge is 0.184 e. The summed E-state index contributed by atoms with van der Waals surface area (Å²) >= 11 is 5.59. The summed E-state index contributed by atoms with van der Waals surface area (Å²) in [7, 11) is 0. The van der Waals surface area contributed by atoms with Crippen LogP contribution in [0.4, 0.5) is 0 Å². The van der Waals surface area contributed by atoms with Crippen LogP contribution in [0.25, 0.3) is 0 Å². The van der Waals surface area contributed by atoms with E-state index in [-0.39, 0.29) is 28.4 Å². The zero-order valence-electron chi connectivity index (χ0n) is 5.75. The highest BCUT2D eigenvalue weighted by atomic mass is 35.5. The van der Waals surface area contributed by atoms with Crippen LogP contribution in [-0.2, 0) is 4.79 Å². The van der Waals surface area contributed by atoms with Gasteiger partial charge in [0.05, 0.1) is 0 Å². The molecule has 11 heavy (non-hydrogen) atoms. The second kappa shape index (κ2) is 2.11. The fraction of sp³-hybridized carbons (Fsp3) is 0.375. The summed E-state index contributed by atoms with van der Waals surface area (Å²) in [6, 6.07) is 0. The minimum Gasteiger partial charge on any atom is -0.510 e. The molecule has 0 amide bonds. The minimum atomic E-state index is -0.144. The Morgan fingerprint density at radius 3 is 2.82 bits per heavy atom. The van der Waals surface area contributed by atoms with E-state index < -0.39 is 0 Å². The van der Waals surface area contributed by atoms with Crippen molar-refractivity contribution in [3.05, 3.63) is 22.9 Å². The highest BCUT2D eigenvalue weighted by Gasteiger charge is 2.36. The molecule has 0 unspecified atom stereocenters. The maximum atomic E-state index is 11.2. The molecule has 2 nitrogen and oxygen atoms in total. The van der Waals surface area contributed by atoms with Crippen LogP contribution in [0.3, 0.4) is 0 Å². The van der Waals surface area contributed by atoms with Crippen LogP contribution in [0.2, 0.25) is 0 Å². The Hall–Kier alpha value is -0.760. The van der Waals surface area contributed by atoms with Crippen LogP contribution in [-0.4, -0.2) is 10.9 Å². The molecule has 2 aliphatic rings. The summed E-state index contributed by atoms with van der Waals surface area (Å²) < 4.78 is 0. The molecule has 0 fully saturated rings. The molecule has 2 atom stereocenters. The quantitative estimate of drug-likeness (QED) is 0.563. The molecular formula is C8H7ClO2. The van der Waals surface area contributed by atoms with Gasteiger partial charge in [-0.2, -0.15) is 0 Å². The first-order valence-corrected chi connectivity index (χ1v) is 3.89. The van der Waals surface area contributed by atoms with Gasteiger partial charge in [0, 0.05) is 11.8 Å². The van der Waals surface area contributed by atoms with Crippen molar-refractivity contribution < 1.29 is 9.90 Å². The summed E-state index contributed by atoms with van der Waals surface area (Å²) in [6.45, 7) is 0. The summed E-state index contributed by atoms with van der Waals surface area (Å²) in [5.41, 5.74) is 0. The Bertz CT molecular complexity index is 278. The van der Waals surface area contributed by atoms with Gasteiger partial charge >= 0.3 is 0 Å². The first kappa shape index (κ1) is 6.92. The van der Waals surface area contributed by atoms with Crippen molar-refractivity contribution in [2.45, 2.75) is 6.42 Å². The van der Waals surface area contributed by atoms with Crippen LogP contribution >= 0.6 is 11.6 Å². The van der Waals surface area contributed by atoms with Gasteiger partial charge in [-0.25, -0.2) is 0 Å². The van der Waals surface area contributed by atoms with Gasteiger partial charge in [0.15, 0.2) is 5.78 Å². The molecule has 0 saturated heterocycles. The topological polar surface area (TPSA) is 37.3 Å². The van der Waals surface area contributed by atoms with Crippen LogP contribution in [0.1, 0.15) is 6.42 Å². The SMILES string of the molecule is O=C1C(Cl)=C(O)[C@H]2C=C[C@@H]1C2. The second-order valence-electron chi connectivity index (χ2n) is 2.90. The normalized spacial score (nSPS) is 35.2. The number of Topliss-reactive ketones (excluding diaryl/α,β-unsaturated/α-hetero) is 1. The van der Waals surface area contributed by atoms with E-state index in [1.54, 1.807) is 0 Å². The van der Waals surface area contributed by atoms with E-state index in [1.165, 1.54) is 0 Å². The van der Waals surface area contributed by atoms with Crippen molar-refractivity contribution in [3.63, 3.8) is 0 Å². The fourth-order valence-corrected chi connectivity index (χ4v) is 1.83. The van der Waals surface area contributed by atoms with E-state index >= 15 is 0 Å². The molecule has 0 saturated carbocycles. The number of carbonyl (C=O) groups is 1. The standard InChI is InChI=1S/C8H7ClO2/c9-6-7(10)4-1-2-5(3-4)8(6)11/h1-2,4-5,10H,3H2/t4-,5+/m0/s1. The molecule has 2 bridgehead atoms. The van der Waals surface area contributed by atoms with E-state index in [1.807, 2.05) is 12.2 Å². The number of aliphatic hydroxyl groups excluding tert-OH is 1. The van der Waals surface area contributed by atoms with Gasteiger partial charge in [0.1, 0.15) is 10.8 Å². The number of hydrogen-bond acceptors (Lipinski definition) is 2. The predicted octanol–water partition coefficient (Wildman–Crippen LogP) is 1.77. The lowest BCUT2D eigenvalue weighted by atomic mass is 9.91. The first-order valence-electron chi connectivity index (χ1n) is 3.51. The Labute approximate surface area is 69.2 Å². The molecule has 0 radical (unpaired) electrons. The van der Waals surface area contributed by atoms with Crippen LogP contribution in [0.15, 0.2) is 22.9 Å². The minimum absolute atomic E-state index is 0.00907. The lowest BCUT2D eigenvalue weighted by molar-refractivity contribution is -0.118. The first-order chi connectivity index (χ1) is 5.20. The Morgan fingerprint density at radius 1 is 1.45 bits per heavy atom. The van der Waals surface area contributed by atoms with Crippen LogP contribution in [0.5, 0.6) is 0 Å². The number of ketones is 1. The maximum absolute atomic E-state index is 11.2. The van der Waals surface area contributed by atoms with Gasteiger partial charge in [0.25, 0.3) is 0 Å². The summed E-state index contributed by atoms with van der Waals surface area (Å²) in [6.07, 6.45) is 4.35. The van der Waals surface area contributed by atoms with Gasteiger partial charge in [-0.1, -0.05) is 23.8 Å². The molecule has 2 rings (SSSR count). The molecule has 1 N–H and O–H groups in total. The monoisotopic (exact) mass is 170 g/mol. The molecule has 0 spiro atoms. The molecule has 0 heterocycles. The molecule has 0 aromatic carbocycles. The van der Waals surface area contributed by atoms with Crippen molar-refractivity contribution in [2.75, 3.05) is 0 Å². The second-order valence-corrected chi connectivity index (χ2v) is 3.28. The molecule has 2 aliphatic carbocycles. The van der Waals surface area contributed by atoms with E-state index in [9.17, 15) is 9.90 Å². The van der Waals surface area contributed by atoms with Gasteiger partial charge in [0.2, 0.25) is 0 Å². The Kier molecular flexibility index (Phi) is 1.33. The predicted molar refractivity (Wildman–Crippen MR) is 41.3 cm³/mol. The third-order valence-corrected chi connectivity index (χ3v) is 2.59. The number of rotatable bonds is 0. The number of halogens is 1. The van der Waals surface area contributed by atoms with E-state index in [0.717, 1.165) is 0 Å². The van der Waals surface area contributed by atoms with Gasteiger partial charge in [-0.05, 0) is 6.42 Å². The molecule has 0 aromatic heterocycles. The van der Waals surface area contributed by atoms with Gasteiger partial charge in [-0.3, -0.25) is 4.79 Å². The van der Waals surface area contributed by atoms with Crippen molar-refractivity contribution in [1.82, 2.24) is 0 Å². The highest BCUT2D eigenvalue weighted by molar-refractivity contribution is 6.43. The molecule has 0 aromatic rings. The molecule has 3 heteroatoms. The van der Waals surface area contributed by atoms with Crippen molar-refractivity contribution >= 4 is 17.4 Å². The lowest BCUT2D eigenvalue weighted by Gasteiger charge is -2.17. The fourth-order valence-electron chi connectivity index (χ4n) is 1.55. The van der Waals surface area contributed by atoms with E-state index in [2.05, 4.69) is 0 Å². The third-order valence-electron chi connectivity index (χ3n) is 2.21. The largest absolute Gasteiger partial charge is 0.510 e. The maximum Gasteiger partial charge on any atom is 0.184 e. The van der Waals surface area contributed by atoms with Crippen molar-refractivity contribution in [1.29, 1.82) is 0 Å². The zero-order chi connectivity index (χ0) is 8.01. The summed E-state index contributed by atoms with van der Waals surface area (Å²) in [4.78, 5) is 11.2. The number of fused-ring (bicyclic) bond motifs is 2. The molecular weight excluding hydrogens is 164 g/mol. The van der Waals surface area contributed by atoms with Gasteiger partial charge in [-0.15, -0.1) is 0 Å². The average molecular weight is 171 g/mol.